The van der Waals surface area contributed by atoms with Gasteiger partial charge in [-0.3, -0.25) is 4.79 Å². The van der Waals surface area contributed by atoms with E-state index in [2.05, 4.69) is 5.92 Å². The van der Waals surface area contributed by atoms with Crippen LogP contribution in [0.5, 0.6) is 0 Å². The second-order valence-corrected chi connectivity index (χ2v) is 5.36. The van der Waals surface area contributed by atoms with Crippen molar-refractivity contribution < 1.29 is 9.21 Å². The summed E-state index contributed by atoms with van der Waals surface area (Å²) >= 11 is 0. The summed E-state index contributed by atoms with van der Waals surface area (Å²) in [5, 5.41) is 0. The Bertz CT molecular complexity index is 691. The van der Waals surface area contributed by atoms with Crippen LogP contribution in [0.15, 0.2) is 41.0 Å². The molecule has 2 aromatic rings. The molecule has 1 amide bonds. The van der Waals surface area contributed by atoms with Gasteiger partial charge in [0, 0.05) is 17.7 Å². The summed E-state index contributed by atoms with van der Waals surface area (Å²) in [6, 6.07) is 9.80. The van der Waals surface area contributed by atoms with E-state index in [1.54, 1.807) is 6.26 Å². The van der Waals surface area contributed by atoms with E-state index < -0.39 is 0 Å². The molecular formula is C18H17NO2. The van der Waals surface area contributed by atoms with Crippen molar-refractivity contribution in [3.05, 3.63) is 59.0 Å². The van der Waals surface area contributed by atoms with Gasteiger partial charge in [0.2, 0.25) is 0 Å². The Hall–Kier alpha value is -2.47. The molecule has 1 unspecified atom stereocenters. The summed E-state index contributed by atoms with van der Waals surface area (Å²) in [5.41, 5.74) is 2.87. The Morgan fingerprint density at radius 2 is 2.10 bits per heavy atom. The minimum Gasteiger partial charge on any atom is -0.459 e. The molecule has 0 bridgehead atoms. The number of benzene rings is 1. The van der Waals surface area contributed by atoms with Crippen LogP contribution in [-0.2, 0) is 0 Å². The predicted octanol–water partition coefficient (Wildman–Crippen LogP) is 3.55. The standard InChI is InChI=1S/C18H17NO2/c1-3-14-6-8-15(9-7-14)16-5-4-11-19(16)18(20)17-13(2)10-12-21-17/h1,6-10,12,16H,4-5,11H2,2H3. The summed E-state index contributed by atoms with van der Waals surface area (Å²) in [6.07, 6.45) is 8.93. The van der Waals surface area contributed by atoms with Crippen LogP contribution >= 0.6 is 0 Å². The fraction of sp³-hybridized carbons (Fsp3) is 0.278. The third-order valence-corrected chi connectivity index (χ3v) is 4.03. The SMILES string of the molecule is C#Cc1ccc(C2CCCN2C(=O)c2occc2C)cc1. The highest BCUT2D eigenvalue weighted by Crippen LogP contribution is 2.33. The number of carbonyl (C=O) groups excluding carboxylic acids is 1. The van der Waals surface area contributed by atoms with E-state index in [0.29, 0.717) is 5.76 Å². The third-order valence-electron chi connectivity index (χ3n) is 4.03. The summed E-state index contributed by atoms with van der Waals surface area (Å²) in [6.45, 7) is 2.66. The topological polar surface area (TPSA) is 33.5 Å². The largest absolute Gasteiger partial charge is 0.459 e. The number of nitrogens with zero attached hydrogens (tertiary/aromatic N) is 1. The molecule has 1 aliphatic rings. The van der Waals surface area contributed by atoms with Crippen molar-refractivity contribution in [2.45, 2.75) is 25.8 Å². The summed E-state index contributed by atoms with van der Waals surface area (Å²) in [7, 11) is 0. The van der Waals surface area contributed by atoms with E-state index in [-0.39, 0.29) is 11.9 Å². The average Bonchev–Trinajstić information content (AvgIpc) is 3.15. The van der Waals surface area contributed by atoms with Gasteiger partial charge in [-0.2, -0.15) is 0 Å². The number of hydrogen-bond donors (Lipinski definition) is 0. The lowest BCUT2D eigenvalue weighted by Gasteiger charge is -2.24. The minimum atomic E-state index is -0.0268. The highest BCUT2D eigenvalue weighted by Gasteiger charge is 2.32. The number of likely N-dealkylation sites (tertiary alicyclic amines) is 1. The smallest absolute Gasteiger partial charge is 0.290 e. The van der Waals surface area contributed by atoms with E-state index in [4.69, 9.17) is 10.8 Å². The van der Waals surface area contributed by atoms with E-state index in [1.807, 2.05) is 42.2 Å². The van der Waals surface area contributed by atoms with Crippen LogP contribution in [-0.4, -0.2) is 17.4 Å². The molecule has 0 spiro atoms. The zero-order chi connectivity index (χ0) is 14.8. The molecule has 1 aromatic heterocycles. The van der Waals surface area contributed by atoms with Crippen LogP contribution < -0.4 is 0 Å². The number of hydrogen-bond acceptors (Lipinski definition) is 2. The van der Waals surface area contributed by atoms with Crippen LogP contribution in [0.2, 0.25) is 0 Å². The molecule has 1 saturated heterocycles. The maximum Gasteiger partial charge on any atom is 0.290 e. The number of amides is 1. The van der Waals surface area contributed by atoms with Gasteiger partial charge in [0.25, 0.3) is 5.91 Å². The van der Waals surface area contributed by atoms with Gasteiger partial charge in [0.15, 0.2) is 5.76 Å². The molecule has 0 N–H and O–H groups in total. The molecule has 1 fully saturated rings. The van der Waals surface area contributed by atoms with Gasteiger partial charge >= 0.3 is 0 Å². The quantitative estimate of drug-likeness (QED) is 0.788. The Morgan fingerprint density at radius 3 is 2.71 bits per heavy atom. The lowest BCUT2D eigenvalue weighted by molar-refractivity contribution is 0.0702. The van der Waals surface area contributed by atoms with Gasteiger partial charge in [-0.05, 0) is 43.5 Å². The number of rotatable bonds is 2. The van der Waals surface area contributed by atoms with Crippen molar-refractivity contribution in [3.63, 3.8) is 0 Å². The van der Waals surface area contributed by atoms with Crippen molar-refractivity contribution in [3.8, 4) is 12.3 Å². The molecule has 0 radical (unpaired) electrons. The first kappa shape index (κ1) is 13.5. The van der Waals surface area contributed by atoms with E-state index >= 15 is 0 Å². The zero-order valence-corrected chi connectivity index (χ0v) is 12.0. The van der Waals surface area contributed by atoms with Crippen LogP contribution in [0.3, 0.4) is 0 Å². The lowest BCUT2D eigenvalue weighted by Crippen LogP contribution is -2.30. The molecular weight excluding hydrogens is 262 g/mol. The van der Waals surface area contributed by atoms with Gasteiger partial charge in [0.1, 0.15) is 0 Å². The van der Waals surface area contributed by atoms with Gasteiger partial charge in [0.05, 0.1) is 12.3 Å². The zero-order valence-electron chi connectivity index (χ0n) is 12.0. The first-order valence-corrected chi connectivity index (χ1v) is 7.12. The molecule has 3 nitrogen and oxygen atoms in total. The Balaban J connectivity index is 1.87. The summed E-state index contributed by atoms with van der Waals surface area (Å²) in [4.78, 5) is 14.5. The van der Waals surface area contributed by atoms with Gasteiger partial charge in [-0.1, -0.05) is 18.1 Å². The second kappa shape index (κ2) is 5.49. The molecule has 3 heteroatoms. The number of furan rings is 1. The van der Waals surface area contributed by atoms with Crippen molar-refractivity contribution in [1.82, 2.24) is 4.90 Å². The van der Waals surface area contributed by atoms with Crippen LogP contribution in [0, 0.1) is 19.3 Å². The molecule has 0 saturated carbocycles. The second-order valence-electron chi connectivity index (χ2n) is 5.36. The first-order valence-electron chi connectivity index (χ1n) is 7.12. The number of carbonyl (C=O) groups is 1. The van der Waals surface area contributed by atoms with Crippen LogP contribution in [0.1, 0.15) is 46.1 Å². The molecule has 0 aliphatic carbocycles. The first-order chi connectivity index (χ1) is 10.2. The molecule has 2 heterocycles. The van der Waals surface area contributed by atoms with E-state index in [0.717, 1.165) is 36.1 Å². The average molecular weight is 279 g/mol. The van der Waals surface area contributed by atoms with Crippen molar-refractivity contribution in [2.24, 2.45) is 0 Å². The number of aryl methyl sites for hydroxylation is 1. The Kier molecular flexibility index (Phi) is 3.53. The highest BCUT2D eigenvalue weighted by molar-refractivity contribution is 5.93. The fourth-order valence-corrected chi connectivity index (χ4v) is 2.88. The van der Waals surface area contributed by atoms with E-state index in [1.165, 1.54) is 0 Å². The highest BCUT2D eigenvalue weighted by atomic mass is 16.3. The summed E-state index contributed by atoms with van der Waals surface area (Å²) < 4.78 is 5.34. The van der Waals surface area contributed by atoms with Crippen molar-refractivity contribution >= 4 is 5.91 Å². The van der Waals surface area contributed by atoms with Crippen LogP contribution in [0.25, 0.3) is 0 Å². The Labute approximate surface area is 124 Å². The Morgan fingerprint density at radius 1 is 1.33 bits per heavy atom. The summed E-state index contributed by atoms with van der Waals surface area (Å²) in [5.74, 6) is 3.03. The molecule has 106 valence electrons. The lowest BCUT2D eigenvalue weighted by atomic mass is 10.0. The maximum atomic E-state index is 12.6. The van der Waals surface area contributed by atoms with Crippen molar-refractivity contribution in [2.75, 3.05) is 6.54 Å². The third kappa shape index (κ3) is 2.45. The fourth-order valence-electron chi connectivity index (χ4n) is 2.88. The molecule has 3 rings (SSSR count). The van der Waals surface area contributed by atoms with Crippen LogP contribution in [0.4, 0.5) is 0 Å². The predicted molar refractivity (Wildman–Crippen MR) is 80.8 cm³/mol. The molecule has 1 aliphatic heterocycles. The minimum absolute atomic E-state index is 0.0268. The molecule has 1 atom stereocenters. The van der Waals surface area contributed by atoms with E-state index in [9.17, 15) is 4.79 Å². The van der Waals surface area contributed by atoms with Gasteiger partial charge in [-0.25, -0.2) is 0 Å². The molecule has 21 heavy (non-hydrogen) atoms. The van der Waals surface area contributed by atoms with Gasteiger partial charge < -0.3 is 9.32 Å². The number of terminal acetylenes is 1. The monoisotopic (exact) mass is 279 g/mol. The normalized spacial score (nSPS) is 17.7. The van der Waals surface area contributed by atoms with Gasteiger partial charge in [-0.15, -0.1) is 6.42 Å². The maximum absolute atomic E-state index is 12.6. The van der Waals surface area contributed by atoms with Crippen molar-refractivity contribution in [1.29, 1.82) is 0 Å². The molecule has 1 aromatic carbocycles.